The zero-order valence-electron chi connectivity index (χ0n) is 10.5. The van der Waals surface area contributed by atoms with Gasteiger partial charge in [-0.25, -0.2) is 8.78 Å². The molecule has 1 heterocycles. The fourth-order valence-corrected chi connectivity index (χ4v) is 2.74. The molecule has 1 aliphatic heterocycles. The van der Waals surface area contributed by atoms with Crippen molar-refractivity contribution in [2.24, 2.45) is 5.92 Å². The Hall–Kier alpha value is -0.810. The Morgan fingerprint density at radius 2 is 2.00 bits per heavy atom. The standard InChI is InChI=1S/C14H16BrF2NO/c15-10-2-3-11(16)13(14(10)17)12(19)4-1-9-5-7-18-8-6-9/h2-3,9,18H,1,4-8H2. The summed E-state index contributed by atoms with van der Waals surface area (Å²) in [7, 11) is 0. The van der Waals surface area contributed by atoms with E-state index in [1.54, 1.807) is 0 Å². The molecule has 104 valence electrons. The number of ketones is 1. The Labute approximate surface area is 119 Å². The summed E-state index contributed by atoms with van der Waals surface area (Å²) >= 11 is 2.97. The van der Waals surface area contributed by atoms with Gasteiger partial charge in [-0.05, 0) is 66.3 Å². The lowest BCUT2D eigenvalue weighted by atomic mass is 9.91. The van der Waals surface area contributed by atoms with Gasteiger partial charge in [-0.2, -0.15) is 0 Å². The third-order valence-electron chi connectivity index (χ3n) is 3.56. The van der Waals surface area contributed by atoms with E-state index in [9.17, 15) is 13.6 Å². The number of benzene rings is 1. The fraction of sp³-hybridized carbons (Fsp3) is 0.500. The topological polar surface area (TPSA) is 29.1 Å². The van der Waals surface area contributed by atoms with Crippen molar-refractivity contribution in [1.29, 1.82) is 0 Å². The molecule has 1 fully saturated rings. The molecule has 2 rings (SSSR count). The monoisotopic (exact) mass is 331 g/mol. The molecule has 19 heavy (non-hydrogen) atoms. The van der Waals surface area contributed by atoms with Crippen molar-refractivity contribution < 1.29 is 13.6 Å². The molecule has 0 radical (unpaired) electrons. The summed E-state index contributed by atoms with van der Waals surface area (Å²) in [6, 6.07) is 2.39. The average Bonchev–Trinajstić information content (AvgIpc) is 2.42. The van der Waals surface area contributed by atoms with Gasteiger partial charge in [-0.3, -0.25) is 4.79 Å². The van der Waals surface area contributed by atoms with Crippen LogP contribution in [-0.2, 0) is 0 Å². The fourth-order valence-electron chi connectivity index (χ4n) is 2.41. The smallest absolute Gasteiger partial charge is 0.168 e. The minimum atomic E-state index is -0.796. The van der Waals surface area contributed by atoms with Crippen LogP contribution in [-0.4, -0.2) is 18.9 Å². The Balaban J connectivity index is 2.01. The van der Waals surface area contributed by atoms with E-state index >= 15 is 0 Å². The van der Waals surface area contributed by atoms with Gasteiger partial charge in [-0.1, -0.05) is 0 Å². The second kappa shape index (κ2) is 6.57. The van der Waals surface area contributed by atoms with Crippen LogP contribution in [0.5, 0.6) is 0 Å². The highest BCUT2D eigenvalue weighted by Gasteiger charge is 2.21. The van der Waals surface area contributed by atoms with Gasteiger partial charge in [0.2, 0.25) is 0 Å². The highest BCUT2D eigenvalue weighted by Crippen LogP contribution is 2.25. The van der Waals surface area contributed by atoms with E-state index < -0.39 is 23.0 Å². The van der Waals surface area contributed by atoms with Crippen molar-refractivity contribution in [2.75, 3.05) is 13.1 Å². The molecule has 0 aromatic heterocycles. The van der Waals surface area contributed by atoms with E-state index in [1.165, 1.54) is 6.07 Å². The normalized spacial score (nSPS) is 16.6. The minimum absolute atomic E-state index is 0.124. The van der Waals surface area contributed by atoms with Crippen molar-refractivity contribution in [3.63, 3.8) is 0 Å². The quantitative estimate of drug-likeness (QED) is 0.673. The van der Waals surface area contributed by atoms with Gasteiger partial charge >= 0.3 is 0 Å². The Morgan fingerprint density at radius 1 is 1.32 bits per heavy atom. The lowest BCUT2D eigenvalue weighted by Gasteiger charge is -2.22. The summed E-state index contributed by atoms with van der Waals surface area (Å²) in [5.41, 5.74) is -0.414. The molecule has 0 aliphatic carbocycles. The van der Waals surface area contributed by atoms with Crippen LogP contribution in [0.1, 0.15) is 36.0 Å². The van der Waals surface area contributed by atoms with Gasteiger partial charge in [0.25, 0.3) is 0 Å². The van der Waals surface area contributed by atoms with Crippen LogP contribution in [0, 0.1) is 17.6 Å². The van der Waals surface area contributed by atoms with E-state index in [-0.39, 0.29) is 10.9 Å². The third kappa shape index (κ3) is 3.60. The van der Waals surface area contributed by atoms with Crippen molar-refractivity contribution in [3.05, 3.63) is 33.8 Å². The van der Waals surface area contributed by atoms with Crippen LogP contribution >= 0.6 is 15.9 Å². The summed E-state index contributed by atoms with van der Waals surface area (Å²) < 4.78 is 27.4. The summed E-state index contributed by atoms with van der Waals surface area (Å²) in [5, 5.41) is 3.25. The molecule has 0 spiro atoms. The number of hydrogen-bond acceptors (Lipinski definition) is 2. The molecule has 0 amide bonds. The summed E-state index contributed by atoms with van der Waals surface area (Å²) in [6.45, 7) is 1.91. The van der Waals surface area contributed by atoms with E-state index in [4.69, 9.17) is 0 Å². The molecule has 0 bridgehead atoms. The first-order chi connectivity index (χ1) is 9.09. The Bertz CT molecular complexity index is 473. The lowest BCUT2D eigenvalue weighted by molar-refractivity contribution is 0.0962. The first-order valence-corrected chi connectivity index (χ1v) is 7.26. The molecule has 1 aromatic rings. The Kier molecular flexibility index (Phi) is 5.05. The molecule has 5 heteroatoms. The van der Waals surface area contributed by atoms with E-state index in [1.807, 2.05) is 0 Å². The maximum Gasteiger partial charge on any atom is 0.168 e. The number of nitrogens with one attached hydrogen (secondary N) is 1. The predicted octanol–water partition coefficient (Wildman–Crippen LogP) is 3.69. The van der Waals surface area contributed by atoms with Gasteiger partial charge in [0.15, 0.2) is 11.6 Å². The SMILES string of the molecule is O=C(CCC1CCNCC1)c1c(F)ccc(Br)c1F. The van der Waals surface area contributed by atoms with Crippen molar-refractivity contribution in [3.8, 4) is 0 Å². The molecule has 0 saturated carbocycles. The number of carbonyl (C=O) groups excluding carboxylic acids is 1. The Morgan fingerprint density at radius 3 is 2.68 bits per heavy atom. The highest BCUT2D eigenvalue weighted by molar-refractivity contribution is 9.10. The first-order valence-electron chi connectivity index (χ1n) is 6.47. The van der Waals surface area contributed by atoms with Gasteiger partial charge in [0.1, 0.15) is 5.82 Å². The van der Waals surface area contributed by atoms with Crippen molar-refractivity contribution in [2.45, 2.75) is 25.7 Å². The second-order valence-electron chi connectivity index (χ2n) is 4.87. The highest BCUT2D eigenvalue weighted by atomic mass is 79.9. The van der Waals surface area contributed by atoms with Crippen LogP contribution in [0.4, 0.5) is 8.78 Å². The molecular weight excluding hydrogens is 316 g/mol. The summed E-state index contributed by atoms with van der Waals surface area (Å²) in [5.74, 6) is -1.55. The van der Waals surface area contributed by atoms with E-state index in [2.05, 4.69) is 21.2 Å². The molecule has 0 atom stereocenters. The van der Waals surface area contributed by atoms with Crippen molar-refractivity contribution in [1.82, 2.24) is 5.32 Å². The minimum Gasteiger partial charge on any atom is -0.317 e. The second-order valence-corrected chi connectivity index (χ2v) is 5.73. The average molecular weight is 332 g/mol. The van der Waals surface area contributed by atoms with E-state index in [0.29, 0.717) is 12.3 Å². The number of piperidine rings is 1. The van der Waals surface area contributed by atoms with Crippen LogP contribution in [0.15, 0.2) is 16.6 Å². The van der Waals surface area contributed by atoms with Gasteiger partial charge in [0.05, 0.1) is 10.0 Å². The first kappa shape index (κ1) is 14.6. The maximum absolute atomic E-state index is 13.8. The lowest BCUT2D eigenvalue weighted by Crippen LogP contribution is -2.28. The molecule has 1 saturated heterocycles. The maximum atomic E-state index is 13.8. The third-order valence-corrected chi connectivity index (χ3v) is 4.17. The van der Waals surface area contributed by atoms with Gasteiger partial charge in [0, 0.05) is 6.42 Å². The predicted molar refractivity (Wildman–Crippen MR) is 73.2 cm³/mol. The zero-order chi connectivity index (χ0) is 13.8. The largest absolute Gasteiger partial charge is 0.317 e. The zero-order valence-corrected chi connectivity index (χ0v) is 12.1. The number of carbonyl (C=O) groups is 1. The van der Waals surface area contributed by atoms with Crippen LogP contribution < -0.4 is 5.32 Å². The van der Waals surface area contributed by atoms with Crippen LogP contribution in [0.2, 0.25) is 0 Å². The molecular formula is C14H16BrF2NO. The summed E-state index contributed by atoms with van der Waals surface area (Å²) in [4.78, 5) is 12.0. The van der Waals surface area contributed by atoms with Crippen LogP contribution in [0.25, 0.3) is 0 Å². The van der Waals surface area contributed by atoms with Gasteiger partial charge in [-0.15, -0.1) is 0 Å². The molecule has 1 aliphatic rings. The van der Waals surface area contributed by atoms with Crippen LogP contribution in [0.3, 0.4) is 0 Å². The number of hydrogen-bond donors (Lipinski definition) is 1. The number of Topliss-reactive ketones (excluding diaryl/α,β-unsaturated/α-hetero) is 1. The molecule has 0 unspecified atom stereocenters. The summed E-state index contributed by atoms with van der Waals surface area (Å²) in [6.07, 6.45) is 2.95. The molecule has 1 N–H and O–H groups in total. The number of halogens is 3. The van der Waals surface area contributed by atoms with E-state index in [0.717, 1.165) is 32.0 Å². The molecule has 2 nitrogen and oxygen atoms in total. The number of rotatable bonds is 4. The van der Waals surface area contributed by atoms with Crippen molar-refractivity contribution >= 4 is 21.7 Å². The van der Waals surface area contributed by atoms with Gasteiger partial charge < -0.3 is 5.32 Å². The molecule has 1 aromatic carbocycles.